The lowest BCUT2D eigenvalue weighted by Gasteiger charge is -2.20. The van der Waals surface area contributed by atoms with Gasteiger partial charge in [-0.05, 0) is 24.6 Å². The van der Waals surface area contributed by atoms with E-state index in [0.717, 1.165) is 21.4 Å². The van der Waals surface area contributed by atoms with Gasteiger partial charge in [0, 0.05) is 20.5 Å². The van der Waals surface area contributed by atoms with Gasteiger partial charge in [-0.25, -0.2) is 14.8 Å². The van der Waals surface area contributed by atoms with Gasteiger partial charge >= 0.3 is 5.69 Å². The van der Waals surface area contributed by atoms with E-state index in [9.17, 15) is 14.4 Å². The van der Waals surface area contributed by atoms with E-state index >= 15 is 0 Å². The lowest BCUT2D eigenvalue weighted by atomic mass is 10.0. The number of rotatable bonds is 4. The molecule has 0 spiro atoms. The van der Waals surface area contributed by atoms with Crippen LogP contribution in [-0.2, 0) is 25.4 Å². The third-order valence-electron chi connectivity index (χ3n) is 5.95. The second-order valence-electron chi connectivity index (χ2n) is 8.14. The van der Waals surface area contributed by atoms with E-state index in [1.165, 1.54) is 34.6 Å². The zero-order chi connectivity index (χ0) is 23.3. The molecule has 4 heterocycles. The summed E-state index contributed by atoms with van der Waals surface area (Å²) in [5.74, 6) is 0.303. The molecule has 168 valence electrons. The Balaban J connectivity index is 1.52. The van der Waals surface area contributed by atoms with Gasteiger partial charge in [-0.15, -0.1) is 0 Å². The molecule has 0 radical (unpaired) electrons. The smallest absolute Gasteiger partial charge is 0.332 e. The first-order valence-electron chi connectivity index (χ1n) is 10.5. The molecule has 10 nitrogen and oxygen atoms in total. The van der Waals surface area contributed by atoms with Gasteiger partial charge in [0.1, 0.15) is 18.3 Å². The molecule has 4 aromatic rings. The first kappa shape index (κ1) is 20.7. The van der Waals surface area contributed by atoms with Gasteiger partial charge < -0.3 is 8.98 Å². The molecule has 0 aliphatic carbocycles. The van der Waals surface area contributed by atoms with Crippen molar-refractivity contribution in [3.8, 4) is 0 Å². The molecule has 1 aliphatic rings. The van der Waals surface area contributed by atoms with Crippen molar-refractivity contribution in [2.24, 2.45) is 19.2 Å². The topological polar surface area (TPSA) is 108 Å². The highest BCUT2D eigenvalue weighted by atomic mass is 16.3. The Bertz CT molecular complexity index is 1510. The number of benzene rings is 1. The number of hydrazone groups is 1. The normalized spacial score (nSPS) is 15.9. The summed E-state index contributed by atoms with van der Waals surface area (Å²) < 4.78 is 9.33. The number of aryl methyl sites for hydroxylation is 2. The van der Waals surface area contributed by atoms with Crippen LogP contribution >= 0.6 is 0 Å². The predicted molar refractivity (Wildman–Crippen MR) is 121 cm³/mol. The van der Waals surface area contributed by atoms with Crippen LogP contribution in [0.2, 0.25) is 0 Å². The van der Waals surface area contributed by atoms with Gasteiger partial charge in [0.05, 0.1) is 18.3 Å². The fraction of sp³-hybridized carbons (Fsp3) is 0.261. The molecule has 1 aromatic carbocycles. The quantitative estimate of drug-likeness (QED) is 0.474. The average Bonchev–Trinajstić information content (AvgIpc) is 3.56. The summed E-state index contributed by atoms with van der Waals surface area (Å²) in [4.78, 5) is 42.5. The maximum atomic E-state index is 13.4. The number of aromatic nitrogens is 4. The monoisotopic (exact) mass is 446 g/mol. The molecule has 1 aliphatic heterocycles. The average molecular weight is 446 g/mol. The van der Waals surface area contributed by atoms with Crippen LogP contribution in [0.1, 0.15) is 29.3 Å². The molecule has 1 atom stereocenters. The second kappa shape index (κ2) is 7.73. The standard InChI is InChI=1S/C23H22N6O4/c1-14-6-8-15(9-7-14)16-11-17(18-5-4-10-33-18)29(25-16)19(30)12-28-13-24-21-20(28)22(31)27(3)23(32)26(21)2/h4-10,13,17H,11-12H2,1-3H3. The minimum absolute atomic E-state index is 0.161. The first-order valence-corrected chi connectivity index (χ1v) is 10.5. The van der Waals surface area contributed by atoms with Crippen molar-refractivity contribution < 1.29 is 9.21 Å². The molecule has 33 heavy (non-hydrogen) atoms. The largest absolute Gasteiger partial charge is 0.467 e. The highest BCUT2D eigenvalue weighted by molar-refractivity contribution is 6.03. The van der Waals surface area contributed by atoms with Gasteiger partial charge in [-0.3, -0.25) is 18.7 Å². The summed E-state index contributed by atoms with van der Waals surface area (Å²) in [6, 6.07) is 11.2. The molecule has 0 N–H and O–H groups in total. The SMILES string of the molecule is Cc1ccc(C2=NN(C(=O)Cn3cnc4c3c(=O)n(C)c(=O)n4C)C(c3ccco3)C2)cc1. The van der Waals surface area contributed by atoms with Crippen LogP contribution in [0.3, 0.4) is 0 Å². The summed E-state index contributed by atoms with van der Waals surface area (Å²) in [6.45, 7) is 1.85. The number of carbonyl (C=O) groups is 1. The van der Waals surface area contributed by atoms with Crippen molar-refractivity contribution >= 4 is 22.8 Å². The number of nitrogens with zero attached hydrogens (tertiary/aromatic N) is 6. The van der Waals surface area contributed by atoms with Gasteiger partial charge in [0.2, 0.25) is 0 Å². The second-order valence-corrected chi connectivity index (χ2v) is 8.14. The van der Waals surface area contributed by atoms with E-state index in [2.05, 4.69) is 10.1 Å². The maximum absolute atomic E-state index is 13.4. The molecule has 10 heteroatoms. The van der Waals surface area contributed by atoms with Crippen molar-refractivity contribution in [2.45, 2.75) is 25.9 Å². The number of hydrogen-bond donors (Lipinski definition) is 0. The summed E-state index contributed by atoms with van der Waals surface area (Å²) in [6.07, 6.45) is 3.46. The lowest BCUT2D eigenvalue weighted by Crippen LogP contribution is -2.38. The van der Waals surface area contributed by atoms with Crippen LogP contribution in [-0.4, -0.2) is 35.3 Å². The lowest BCUT2D eigenvalue weighted by molar-refractivity contribution is -0.133. The molecule has 0 fully saturated rings. The Kier molecular flexibility index (Phi) is 4.85. The van der Waals surface area contributed by atoms with Crippen molar-refractivity contribution in [2.75, 3.05) is 0 Å². The summed E-state index contributed by atoms with van der Waals surface area (Å²) >= 11 is 0. The van der Waals surface area contributed by atoms with Crippen molar-refractivity contribution in [3.63, 3.8) is 0 Å². The van der Waals surface area contributed by atoms with E-state index in [0.29, 0.717) is 12.2 Å². The summed E-state index contributed by atoms with van der Waals surface area (Å²) in [5.41, 5.74) is 2.27. The Morgan fingerprint density at radius 1 is 1.12 bits per heavy atom. The zero-order valence-corrected chi connectivity index (χ0v) is 18.4. The molecule has 0 saturated heterocycles. The van der Waals surface area contributed by atoms with Crippen LogP contribution in [0.5, 0.6) is 0 Å². The Morgan fingerprint density at radius 3 is 2.58 bits per heavy atom. The minimum Gasteiger partial charge on any atom is -0.467 e. The van der Waals surface area contributed by atoms with Gasteiger partial charge in [-0.1, -0.05) is 29.8 Å². The summed E-state index contributed by atoms with van der Waals surface area (Å²) in [5, 5.41) is 6.03. The predicted octanol–water partition coefficient (Wildman–Crippen LogP) is 1.71. The Labute approximate surface area is 188 Å². The highest BCUT2D eigenvalue weighted by Gasteiger charge is 2.35. The van der Waals surface area contributed by atoms with E-state index < -0.39 is 17.3 Å². The number of imidazole rings is 1. The molecule has 5 rings (SSSR count). The van der Waals surface area contributed by atoms with E-state index in [4.69, 9.17) is 4.42 Å². The van der Waals surface area contributed by atoms with Gasteiger partial charge in [-0.2, -0.15) is 5.10 Å². The molecular weight excluding hydrogens is 424 g/mol. The Morgan fingerprint density at radius 2 is 1.88 bits per heavy atom. The number of amides is 1. The minimum atomic E-state index is -0.508. The molecule has 0 saturated carbocycles. The zero-order valence-electron chi connectivity index (χ0n) is 18.4. The third-order valence-corrected chi connectivity index (χ3v) is 5.95. The molecule has 1 unspecified atom stereocenters. The number of furan rings is 1. The fourth-order valence-corrected chi connectivity index (χ4v) is 4.10. The van der Waals surface area contributed by atoms with Crippen LogP contribution in [0, 0.1) is 6.92 Å². The van der Waals surface area contributed by atoms with Crippen LogP contribution in [0.15, 0.2) is 68.1 Å². The summed E-state index contributed by atoms with van der Waals surface area (Å²) in [7, 11) is 2.93. The van der Waals surface area contributed by atoms with Crippen molar-refractivity contribution in [3.05, 3.63) is 86.7 Å². The number of hydrogen-bond acceptors (Lipinski definition) is 6. The number of carbonyl (C=O) groups excluding carboxylic acids is 1. The molecule has 3 aromatic heterocycles. The van der Waals surface area contributed by atoms with Gasteiger partial charge in [0.25, 0.3) is 11.5 Å². The fourth-order valence-electron chi connectivity index (χ4n) is 4.10. The van der Waals surface area contributed by atoms with Crippen molar-refractivity contribution in [1.82, 2.24) is 23.7 Å². The molecular formula is C23H22N6O4. The van der Waals surface area contributed by atoms with E-state index in [1.807, 2.05) is 37.3 Å². The van der Waals surface area contributed by atoms with Crippen LogP contribution in [0.4, 0.5) is 0 Å². The Hall–Kier alpha value is -4.21. The molecule has 1 amide bonds. The highest BCUT2D eigenvalue weighted by Crippen LogP contribution is 2.33. The number of fused-ring (bicyclic) bond motifs is 1. The first-order chi connectivity index (χ1) is 15.8. The van der Waals surface area contributed by atoms with Gasteiger partial charge in [0.15, 0.2) is 11.2 Å². The van der Waals surface area contributed by atoms with E-state index in [1.54, 1.807) is 12.3 Å². The van der Waals surface area contributed by atoms with Crippen LogP contribution in [0.25, 0.3) is 11.2 Å². The third kappa shape index (κ3) is 3.39. The van der Waals surface area contributed by atoms with Crippen molar-refractivity contribution in [1.29, 1.82) is 0 Å². The maximum Gasteiger partial charge on any atom is 0.332 e. The molecule has 0 bridgehead atoms. The van der Waals surface area contributed by atoms with E-state index in [-0.39, 0.29) is 23.6 Å². The van der Waals surface area contributed by atoms with Crippen LogP contribution < -0.4 is 11.2 Å².